The Kier molecular flexibility index (Phi) is 7.88. The zero-order valence-electron chi connectivity index (χ0n) is 14.7. The van der Waals surface area contributed by atoms with E-state index in [1.54, 1.807) is 0 Å². The van der Waals surface area contributed by atoms with E-state index in [2.05, 4.69) is 5.32 Å². The number of ether oxygens (including phenoxy) is 3. The van der Waals surface area contributed by atoms with Crippen molar-refractivity contribution >= 4 is 5.91 Å². The predicted octanol–water partition coefficient (Wildman–Crippen LogP) is -5.21. The quantitative estimate of drug-likeness (QED) is 0.213. The van der Waals surface area contributed by atoms with E-state index in [0.29, 0.717) is 0 Å². The topological polar surface area (TPSA) is 198 Å². The average Bonchev–Trinajstić information content (AvgIpc) is 2.67. The summed E-state index contributed by atoms with van der Waals surface area (Å²) in [6.45, 7) is -1.31. The van der Waals surface area contributed by atoms with Gasteiger partial charge in [-0.2, -0.15) is 0 Å². The van der Waals surface area contributed by atoms with E-state index in [9.17, 15) is 40.5 Å². The van der Waals surface area contributed by atoms with E-state index in [1.807, 2.05) is 0 Å². The molecular weight excluding hydrogens is 370 g/mol. The van der Waals surface area contributed by atoms with E-state index in [4.69, 9.17) is 14.2 Å². The third kappa shape index (κ3) is 4.74. The first kappa shape index (κ1) is 22.4. The lowest BCUT2D eigenvalue weighted by molar-refractivity contribution is -0.341. The summed E-state index contributed by atoms with van der Waals surface area (Å²) >= 11 is 0. The second kappa shape index (κ2) is 9.52. The molecule has 0 aromatic heterocycles. The van der Waals surface area contributed by atoms with Gasteiger partial charge in [-0.3, -0.25) is 4.79 Å². The summed E-state index contributed by atoms with van der Waals surface area (Å²) in [4.78, 5) is 11.5. The number of hydrogen-bond acceptors (Lipinski definition) is 11. The molecule has 2 aliphatic heterocycles. The molecule has 0 spiro atoms. The van der Waals surface area contributed by atoms with E-state index < -0.39 is 80.3 Å². The molecule has 2 heterocycles. The van der Waals surface area contributed by atoms with E-state index in [1.165, 1.54) is 7.05 Å². The fourth-order valence-corrected chi connectivity index (χ4v) is 3.12. The maximum absolute atomic E-state index is 11.5. The van der Waals surface area contributed by atoms with Crippen molar-refractivity contribution in [1.29, 1.82) is 0 Å². The predicted molar refractivity (Wildman–Crippen MR) is 85.1 cm³/mol. The van der Waals surface area contributed by atoms with Gasteiger partial charge in [0.15, 0.2) is 6.29 Å². The minimum absolute atomic E-state index is 0.266. The highest BCUT2D eigenvalue weighted by Gasteiger charge is 2.50. The largest absolute Gasteiger partial charge is 0.394 e. The van der Waals surface area contributed by atoms with E-state index >= 15 is 0 Å². The molecule has 27 heavy (non-hydrogen) atoms. The van der Waals surface area contributed by atoms with E-state index in [0.717, 1.165) is 0 Å². The van der Waals surface area contributed by atoms with Crippen LogP contribution in [0.3, 0.4) is 0 Å². The number of aliphatic hydroxyl groups excluding tert-OH is 7. The maximum Gasteiger partial charge on any atom is 0.222 e. The standard InChI is InChI=1S/C15H27NO11/c1-16-8(19)2-5-9(20)12(23)14(7(4-18)25-5)27-15-13(24)11(22)10(21)6(3-17)26-15/h5-7,9-15,17-18,20-24H,2-4H2,1H3,(H,16,19)/t5?,6-,7-,9+,10+,11+,12-,13-,14-,15?/m1/s1. The smallest absolute Gasteiger partial charge is 0.222 e. The second-order valence-electron chi connectivity index (χ2n) is 6.55. The van der Waals surface area contributed by atoms with Gasteiger partial charge in [0.1, 0.15) is 48.8 Å². The highest BCUT2D eigenvalue weighted by molar-refractivity contribution is 5.76. The van der Waals surface area contributed by atoms with Gasteiger partial charge in [-0.15, -0.1) is 0 Å². The first-order valence-corrected chi connectivity index (χ1v) is 8.54. The van der Waals surface area contributed by atoms with Crippen LogP contribution in [-0.2, 0) is 19.0 Å². The molecule has 2 rings (SSSR count). The zero-order chi connectivity index (χ0) is 20.3. The summed E-state index contributed by atoms with van der Waals surface area (Å²) < 4.78 is 16.0. The van der Waals surface area contributed by atoms with Crippen LogP contribution in [0.5, 0.6) is 0 Å². The van der Waals surface area contributed by atoms with Gasteiger partial charge in [-0.1, -0.05) is 0 Å². The molecule has 2 saturated heterocycles. The van der Waals surface area contributed by atoms with Crippen molar-refractivity contribution in [2.45, 2.75) is 67.6 Å². The Morgan fingerprint density at radius 3 is 2.00 bits per heavy atom. The van der Waals surface area contributed by atoms with Crippen LogP contribution in [0.2, 0.25) is 0 Å². The molecule has 0 saturated carbocycles. The number of hydrogen-bond donors (Lipinski definition) is 8. The second-order valence-corrected chi connectivity index (χ2v) is 6.55. The molecule has 12 nitrogen and oxygen atoms in total. The summed E-state index contributed by atoms with van der Waals surface area (Å²) in [7, 11) is 1.39. The molecule has 1 amide bonds. The molecule has 0 aromatic rings. The lowest BCUT2D eigenvalue weighted by atomic mass is 9.92. The lowest BCUT2D eigenvalue weighted by Gasteiger charge is -2.46. The van der Waals surface area contributed by atoms with Crippen LogP contribution < -0.4 is 5.32 Å². The molecule has 10 atom stereocenters. The molecule has 0 radical (unpaired) electrons. The highest BCUT2D eigenvalue weighted by atomic mass is 16.7. The SMILES string of the molecule is CNC(=O)CC1O[C@H](CO)[C@@H](OC2O[C@H](CO)[C@H](O)[C@H](O)[C@H]2O)[C@H](O)[C@H]1O. The summed E-state index contributed by atoms with van der Waals surface area (Å²) in [5.41, 5.74) is 0. The van der Waals surface area contributed by atoms with Crippen LogP contribution in [0.25, 0.3) is 0 Å². The van der Waals surface area contributed by atoms with Gasteiger partial charge in [-0.25, -0.2) is 0 Å². The van der Waals surface area contributed by atoms with E-state index in [-0.39, 0.29) is 6.42 Å². The Labute approximate surface area is 154 Å². The van der Waals surface area contributed by atoms with Gasteiger partial charge >= 0.3 is 0 Å². The van der Waals surface area contributed by atoms with Crippen LogP contribution in [0.4, 0.5) is 0 Å². The Morgan fingerprint density at radius 1 is 0.852 bits per heavy atom. The van der Waals surface area contributed by atoms with Gasteiger partial charge in [0.2, 0.25) is 5.91 Å². The minimum Gasteiger partial charge on any atom is -0.394 e. The van der Waals surface area contributed by atoms with Gasteiger partial charge < -0.3 is 55.3 Å². The fraction of sp³-hybridized carbons (Fsp3) is 0.933. The van der Waals surface area contributed by atoms with Crippen LogP contribution >= 0.6 is 0 Å². The minimum atomic E-state index is -1.73. The Bertz CT molecular complexity index is 490. The summed E-state index contributed by atoms with van der Waals surface area (Å²) in [5, 5.41) is 71.2. The summed E-state index contributed by atoms with van der Waals surface area (Å²) in [5.74, 6) is -0.448. The molecule has 2 unspecified atom stereocenters. The fourth-order valence-electron chi connectivity index (χ4n) is 3.12. The molecule has 12 heteroatoms. The maximum atomic E-state index is 11.5. The summed E-state index contributed by atoms with van der Waals surface area (Å²) in [6, 6.07) is 0. The van der Waals surface area contributed by atoms with Gasteiger partial charge in [-0.05, 0) is 0 Å². The normalized spacial score (nSPS) is 45.5. The van der Waals surface area contributed by atoms with Crippen LogP contribution in [-0.4, -0.2) is 123 Å². The van der Waals surface area contributed by atoms with Gasteiger partial charge in [0.25, 0.3) is 0 Å². The van der Waals surface area contributed by atoms with Crippen molar-refractivity contribution in [3.05, 3.63) is 0 Å². The first-order chi connectivity index (χ1) is 12.7. The molecule has 0 bridgehead atoms. The van der Waals surface area contributed by atoms with Gasteiger partial charge in [0, 0.05) is 7.05 Å². The number of rotatable bonds is 6. The molecular formula is C15H27NO11. The Balaban J connectivity index is 2.11. The number of amides is 1. The van der Waals surface area contributed by atoms with Crippen molar-refractivity contribution in [2.24, 2.45) is 0 Å². The van der Waals surface area contributed by atoms with Crippen molar-refractivity contribution in [1.82, 2.24) is 5.32 Å². The van der Waals surface area contributed by atoms with Crippen molar-refractivity contribution in [2.75, 3.05) is 20.3 Å². The number of carbonyl (C=O) groups is 1. The molecule has 8 N–H and O–H groups in total. The van der Waals surface area contributed by atoms with Crippen molar-refractivity contribution < 1.29 is 54.8 Å². The van der Waals surface area contributed by atoms with Crippen LogP contribution in [0.1, 0.15) is 6.42 Å². The molecule has 2 fully saturated rings. The molecule has 0 aliphatic carbocycles. The number of carbonyl (C=O) groups excluding carboxylic acids is 1. The molecule has 158 valence electrons. The molecule has 0 aromatic carbocycles. The lowest BCUT2D eigenvalue weighted by Crippen LogP contribution is -2.64. The first-order valence-electron chi connectivity index (χ1n) is 8.54. The zero-order valence-corrected chi connectivity index (χ0v) is 14.7. The highest BCUT2D eigenvalue weighted by Crippen LogP contribution is 2.29. The monoisotopic (exact) mass is 397 g/mol. The molecule has 2 aliphatic rings. The van der Waals surface area contributed by atoms with Crippen molar-refractivity contribution in [3.63, 3.8) is 0 Å². The number of aliphatic hydroxyl groups is 7. The Hall–Kier alpha value is -0.930. The summed E-state index contributed by atoms with van der Waals surface area (Å²) in [6.07, 6.45) is -14.9. The third-order valence-corrected chi connectivity index (χ3v) is 4.77. The van der Waals surface area contributed by atoms with Crippen molar-refractivity contribution in [3.8, 4) is 0 Å². The number of nitrogens with one attached hydrogen (secondary N) is 1. The van der Waals surface area contributed by atoms with Gasteiger partial charge in [0.05, 0.1) is 25.7 Å². The van der Waals surface area contributed by atoms with Crippen LogP contribution in [0.15, 0.2) is 0 Å². The Morgan fingerprint density at radius 2 is 1.44 bits per heavy atom. The average molecular weight is 397 g/mol. The third-order valence-electron chi connectivity index (χ3n) is 4.77. The van der Waals surface area contributed by atoms with Crippen LogP contribution in [0, 0.1) is 0 Å².